The maximum absolute atomic E-state index is 6.22. The Balaban J connectivity index is 1.82. The van der Waals surface area contributed by atoms with Crippen LogP contribution in [-0.4, -0.2) is 25.9 Å². The second kappa shape index (κ2) is 6.33. The molecule has 0 aromatic heterocycles. The van der Waals surface area contributed by atoms with Gasteiger partial charge in [0.1, 0.15) is 11.9 Å². The van der Waals surface area contributed by atoms with Gasteiger partial charge >= 0.3 is 0 Å². The van der Waals surface area contributed by atoms with E-state index in [9.17, 15) is 0 Å². The van der Waals surface area contributed by atoms with Crippen LogP contribution in [0.4, 0.5) is 0 Å². The summed E-state index contributed by atoms with van der Waals surface area (Å²) in [5.41, 5.74) is 1.19. The molecule has 2 aliphatic rings. The van der Waals surface area contributed by atoms with Gasteiger partial charge in [0.05, 0.1) is 6.61 Å². The van der Waals surface area contributed by atoms with Gasteiger partial charge in [-0.3, -0.25) is 0 Å². The van der Waals surface area contributed by atoms with Gasteiger partial charge in [-0.25, -0.2) is 0 Å². The summed E-state index contributed by atoms with van der Waals surface area (Å²) in [6.07, 6.45) is 3.58. The zero-order valence-electron chi connectivity index (χ0n) is 11.9. The fraction of sp³-hybridized carbons (Fsp3) is 0.625. The minimum Gasteiger partial charge on any atom is -0.490 e. The van der Waals surface area contributed by atoms with Gasteiger partial charge in [-0.15, -0.1) is 0 Å². The molecule has 3 atom stereocenters. The molecule has 0 amide bonds. The number of hydrogen-bond acceptors (Lipinski definition) is 3. The minimum absolute atomic E-state index is 0.244. The number of ether oxygens (including phenoxy) is 2. The summed E-state index contributed by atoms with van der Waals surface area (Å²) in [6, 6.07) is 6.26. The summed E-state index contributed by atoms with van der Waals surface area (Å²) in [5.74, 6) is 1.48. The van der Waals surface area contributed by atoms with E-state index in [0.717, 1.165) is 43.4 Å². The highest BCUT2D eigenvalue weighted by Gasteiger charge is 2.34. The van der Waals surface area contributed by atoms with E-state index in [4.69, 9.17) is 21.1 Å². The largest absolute Gasteiger partial charge is 0.490 e. The second-order valence-corrected chi connectivity index (χ2v) is 6.10. The van der Waals surface area contributed by atoms with Gasteiger partial charge < -0.3 is 14.8 Å². The molecule has 0 bridgehead atoms. The monoisotopic (exact) mass is 295 g/mol. The van der Waals surface area contributed by atoms with E-state index in [0.29, 0.717) is 12.0 Å². The van der Waals surface area contributed by atoms with Gasteiger partial charge in [-0.2, -0.15) is 0 Å². The highest BCUT2D eigenvalue weighted by Crippen LogP contribution is 2.39. The average Bonchev–Trinajstić information content (AvgIpc) is 2.49. The molecule has 2 heterocycles. The molecule has 3 unspecified atom stereocenters. The maximum Gasteiger partial charge on any atom is 0.124 e. The molecule has 3 rings (SSSR count). The van der Waals surface area contributed by atoms with Crippen LogP contribution in [0.5, 0.6) is 5.75 Å². The van der Waals surface area contributed by atoms with Crippen LogP contribution in [0.1, 0.15) is 37.8 Å². The van der Waals surface area contributed by atoms with E-state index in [2.05, 4.69) is 12.2 Å². The van der Waals surface area contributed by atoms with Crippen LogP contribution in [0.3, 0.4) is 0 Å². The lowest BCUT2D eigenvalue weighted by Crippen LogP contribution is -2.40. The van der Waals surface area contributed by atoms with Crippen molar-refractivity contribution in [3.63, 3.8) is 0 Å². The third-order valence-corrected chi connectivity index (χ3v) is 4.50. The molecule has 1 saturated heterocycles. The fourth-order valence-corrected chi connectivity index (χ4v) is 3.44. The van der Waals surface area contributed by atoms with Crippen LogP contribution >= 0.6 is 11.6 Å². The lowest BCUT2D eigenvalue weighted by molar-refractivity contribution is -0.0110. The quantitative estimate of drug-likeness (QED) is 0.925. The molecule has 0 saturated carbocycles. The van der Waals surface area contributed by atoms with E-state index in [1.807, 2.05) is 18.2 Å². The number of halogens is 1. The Morgan fingerprint density at radius 1 is 1.40 bits per heavy atom. The van der Waals surface area contributed by atoms with Crippen LogP contribution in [0.2, 0.25) is 5.02 Å². The SMILES string of the molecule is CCNC1CC(C2CCCOC2)Oc2ccc(Cl)cc21. The summed E-state index contributed by atoms with van der Waals surface area (Å²) in [7, 11) is 0. The normalized spacial score (nSPS) is 29.6. The standard InChI is InChI=1S/C16H22ClNO2/c1-2-18-14-9-16(11-4-3-7-19-10-11)20-15-6-5-12(17)8-13(14)15/h5-6,8,11,14,16,18H,2-4,7,9-10H2,1H3. The summed E-state index contributed by atoms with van der Waals surface area (Å²) < 4.78 is 11.8. The molecular formula is C16H22ClNO2. The number of nitrogens with one attached hydrogen (secondary N) is 1. The molecule has 20 heavy (non-hydrogen) atoms. The lowest BCUT2D eigenvalue weighted by Gasteiger charge is -2.38. The van der Waals surface area contributed by atoms with E-state index >= 15 is 0 Å². The summed E-state index contributed by atoms with van der Waals surface area (Å²) in [5, 5.41) is 4.33. The van der Waals surface area contributed by atoms with Crippen LogP contribution < -0.4 is 10.1 Å². The highest BCUT2D eigenvalue weighted by molar-refractivity contribution is 6.30. The van der Waals surface area contributed by atoms with Crippen molar-refractivity contribution in [1.82, 2.24) is 5.32 Å². The van der Waals surface area contributed by atoms with Gasteiger partial charge in [0.25, 0.3) is 0 Å². The van der Waals surface area contributed by atoms with E-state index in [-0.39, 0.29) is 6.10 Å². The van der Waals surface area contributed by atoms with Crippen LogP contribution in [0, 0.1) is 5.92 Å². The Bertz CT molecular complexity index is 460. The van der Waals surface area contributed by atoms with Gasteiger partial charge in [-0.05, 0) is 37.6 Å². The molecule has 4 heteroatoms. The molecule has 0 radical (unpaired) electrons. The Kier molecular flexibility index (Phi) is 4.49. The molecule has 1 fully saturated rings. The van der Waals surface area contributed by atoms with Crippen molar-refractivity contribution in [2.75, 3.05) is 19.8 Å². The predicted molar refractivity (Wildman–Crippen MR) is 80.4 cm³/mol. The second-order valence-electron chi connectivity index (χ2n) is 5.66. The Morgan fingerprint density at radius 3 is 3.05 bits per heavy atom. The Hall–Kier alpha value is -0.770. The molecule has 1 N–H and O–H groups in total. The topological polar surface area (TPSA) is 30.5 Å². The molecule has 2 aliphatic heterocycles. The molecule has 0 spiro atoms. The summed E-state index contributed by atoms with van der Waals surface area (Å²) >= 11 is 6.12. The van der Waals surface area contributed by atoms with Crippen molar-refractivity contribution in [3.8, 4) is 5.75 Å². The zero-order valence-corrected chi connectivity index (χ0v) is 12.7. The van der Waals surface area contributed by atoms with Crippen molar-refractivity contribution in [1.29, 1.82) is 0 Å². The Morgan fingerprint density at radius 2 is 2.30 bits per heavy atom. The van der Waals surface area contributed by atoms with Crippen LogP contribution in [0.25, 0.3) is 0 Å². The fourth-order valence-electron chi connectivity index (χ4n) is 3.26. The third-order valence-electron chi connectivity index (χ3n) is 4.27. The molecule has 1 aromatic rings. The van der Waals surface area contributed by atoms with E-state index < -0.39 is 0 Å². The van der Waals surface area contributed by atoms with Crippen molar-refractivity contribution >= 4 is 11.6 Å². The zero-order chi connectivity index (χ0) is 13.9. The van der Waals surface area contributed by atoms with Crippen molar-refractivity contribution in [2.45, 2.75) is 38.3 Å². The summed E-state index contributed by atoms with van der Waals surface area (Å²) in [6.45, 7) is 4.81. The number of rotatable bonds is 3. The first-order chi connectivity index (χ1) is 9.78. The molecule has 3 nitrogen and oxygen atoms in total. The van der Waals surface area contributed by atoms with Crippen molar-refractivity contribution in [2.24, 2.45) is 5.92 Å². The van der Waals surface area contributed by atoms with Gasteiger partial charge in [0.2, 0.25) is 0 Å². The number of hydrogen-bond donors (Lipinski definition) is 1. The highest BCUT2D eigenvalue weighted by atomic mass is 35.5. The van der Waals surface area contributed by atoms with E-state index in [1.54, 1.807) is 0 Å². The van der Waals surface area contributed by atoms with Crippen LogP contribution in [-0.2, 0) is 4.74 Å². The average molecular weight is 296 g/mol. The van der Waals surface area contributed by atoms with Crippen LogP contribution in [0.15, 0.2) is 18.2 Å². The first-order valence-corrected chi connectivity index (χ1v) is 7.93. The molecule has 0 aliphatic carbocycles. The van der Waals surface area contributed by atoms with Gasteiger partial charge in [0.15, 0.2) is 0 Å². The van der Waals surface area contributed by atoms with Crippen molar-refractivity contribution < 1.29 is 9.47 Å². The Labute approximate surface area is 125 Å². The number of benzene rings is 1. The first kappa shape index (κ1) is 14.2. The van der Waals surface area contributed by atoms with Crippen molar-refractivity contribution in [3.05, 3.63) is 28.8 Å². The van der Waals surface area contributed by atoms with E-state index in [1.165, 1.54) is 12.0 Å². The first-order valence-electron chi connectivity index (χ1n) is 7.55. The maximum atomic E-state index is 6.22. The minimum atomic E-state index is 0.244. The summed E-state index contributed by atoms with van der Waals surface area (Å²) in [4.78, 5) is 0. The predicted octanol–water partition coefficient (Wildman–Crippen LogP) is 3.57. The van der Waals surface area contributed by atoms with Gasteiger partial charge in [-0.1, -0.05) is 18.5 Å². The molecular weight excluding hydrogens is 274 g/mol. The lowest BCUT2D eigenvalue weighted by atomic mass is 9.87. The smallest absolute Gasteiger partial charge is 0.124 e. The number of fused-ring (bicyclic) bond motifs is 1. The molecule has 1 aromatic carbocycles. The van der Waals surface area contributed by atoms with Gasteiger partial charge in [0, 0.05) is 35.6 Å². The molecule has 110 valence electrons. The third kappa shape index (κ3) is 2.95.